The highest BCUT2D eigenvalue weighted by atomic mass is 28.4. The number of nitrogens with zero attached hydrogens (tertiary/aromatic N) is 2. The molecule has 0 aliphatic heterocycles. The van der Waals surface area contributed by atoms with Crippen LogP contribution in [0.25, 0.3) is 0 Å². The number of hydrogen-bond acceptors (Lipinski definition) is 5. The molecular formula is C18H32N2O3Si. The lowest BCUT2D eigenvalue weighted by atomic mass is 10.2. The molecule has 1 rings (SSSR count). The van der Waals surface area contributed by atoms with Crippen LogP contribution in [-0.2, 0) is 13.3 Å². The lowest BCUT2D eigenvalue weighted by molar-refractivity contribution is 0.0710. The van der Waals surface area contributed by atoms with Gasteiger partial charge < -0.3 is 18.2 Å². The molecule has 0 atom stereocenters. The number of benzene rings is 1. The molecule has 0 fully saturated rings. The Labute approximate surface area is 148 Å². The van der Waals surface area contributed by atoms with Gasteiger partial charge in [-0.15, -0.1) is 0 Å². The predicted octanol–water partition coefficient (Wildman–Crippen LogP) is 3.61. The predicted molar refractivity (Wildman–Crippen MR) is 103 cm³/mol. The molecule has 0 aliphatic carbocycles. The lowest BCUT2D eigenvalue weighted by Gasteiger charge is -2.28. The normalized spacial score (nSPS) is 12.0. The van der Waals surface area contributed by atoms with Crippen LogP contribution in [0.1, 0.15) is 32.8 Å². The van der Waals surface area contributed by atoms with Crippen LogP contribution in [0.3, 0.4) is 0 Å². The summed E-state index contributed by atoms with van der Waals surface area (Å²) in [6.45, 7) is 8.55. The minimum Gasteiger partial charge on any atom is -0.378 e. The second-order valence-electron chi connectivity index (χ2n) is 5.61. The van der Waals surface area contributed by atoms with Gasteiger partial charge in [0.2, 0.25) is 0 Å². The molecule has 0 bridgehead atoms. The molecule has 0 amide bonds. The van der Waals surface area contributed by atoms with Crippen molar-refractivity contribution >= 4 is 20.7 Å². The zero-order chi connectivity index (χ0) is 17.8. The van der Waals surface area contributed by atoms with E-state index in [-0.39, 0.29) is 0 Å². The van der Waals surface area contributed by atoms with Gasteiger partial charge >= 0.3 is 8.80 Å². The van der Waals surface area contributed by atoms with Gasteiger partial charge in [-0.1, -0.05) is 12.1 Å². The zero-order valence-electron chi connectivity index (χ0n) is 15.7. The van der Waals surface area contributed by atoms with E-state index in [1.54, 1.807) is 0 Å². The van der Waals surface area contributed by atoms with Gasteiger partial charge in [-0.05, 0) is 44.9 Å². The molecule has 0 aromatic heterocycles. The van der Waals surface area contributed by atoms with Crippen molar-refractivity contribution in [2.45, 2.75) is 33.2 Å². The Bertz CT molecular complexity index is 461. The first-order valence-corrected chi connectivity index (χ1v) is 10.7. The van der Waals surface area contributed by atoms with Gasteiger partial charge in [0, 0.05) is 58.4 Å². The average Bonchev–Trinajstić information content (AvgIpc) is 2.56. The monoisotopic (exact) mass is 352 g/mol. The van der Waals surface area contributed by atoms with E-state index in [0.717, 1.165) is 24.6 Å². The Morgan fingerprint density at radius 1 is 0.958 bits per heavy atom. The average molecular weight is 353 g/mol. The Morgan fingerprint density at radius 2 is 1.50 bits per heavy atom. The van der Waals surface area contributed by atoms with Crippen LogP contribution in [0.4, 0.5) is 5.69 Å². The Kier molecular flexibility index (Phi) is 9.86. The summed E-state index contributed by atoms with van der Waals surface area (Å²) in [6.07, 6.45) is 2.82. The fourth-order valence-corrected chi connectivity index (χ4v) is 5.01. The molecule has 0 heterocycles. The Balaban J connectivity index is 2.49. The van der Waals surface area contributed by atoms with Gasteiger partial charge in [0.25, 0.3) is 0 Å². The summed E-state index contributed by atoms with van der Waals surface area (Å²) in [6, 6.07) is 9.16. The lowest BCUT2D eigenvalue weighted by Crippen LogP contribution is -2.46. The summed E-state index contributed by atoms with van der Waals surface area (Å²) in [4.78, 5) is 6.60. The second kappa shape index (κ2) is 11.4. The second-order valence-corrected chi connectivity index (χ2v) is 8.34. The van der Waals surface area contributed by atoms with Crippen LogP contribution in [0.5, 0.6) is 0 Å². The highest BCUT2D eigenvalue weighted by molar-refractivity contribution is 6.60. The van der Waals surface area contributed by atoms with Crippen LogP contribution in [-0.4, -0.2) is 55.5 Å². The number of anilines is 1. The van der Waals surface area contributed by atoms with Gasteiger partial charge in [-0.2, -0.15) is 0 Å². The van der Waals surface area contributed by atoms with Crippen molar-refractivity contribution < 1.29 is 13.3 Å². The third kappa shape index (κ3) is 7.13. The van der Waals surface area contributed by atoms with Gasteiger partial charge in [-0.25, -0.2) is 0 Å². The largest absolute Gasteiger partial charge is 0.500 e. The molecule has 1 aromatic carbocycles. The van der Waals surface area contributed by atoms with Crippen LogP contribution in [0, 0.1) is 0 Å². The maximum Gasteiger partial charge on any atom is 0.500 e. The minimum atomic E-state index is -2.52. The topological polar surface area (TPSA) is 43.3 Å². The van der Waals surface area contributed by atoms with E-state index in [2.05, 4.69) is 34.2 Å². The van der Waals surface area contributed by atoms with Crippen LogP contribution in [0.15, 0.2) is 29.3 Å². The SMILES string of the molecule is CCO[Si](CCCN=Cc1ccc(N(C)C)cc1)(OCC)OCC. The molecule has 0 radical (unpaired) electrons. The zero-order valence-corrected chi connectivity index (χ0v) is 16.7. The third-order valence-electron chi connectivity index (χ3n) is 3.51. The molecule has 24 heavy (non-hydrogen) atoms. The first-order valence-electron chi connectivity index (χ1n) is 8.76. The molecule has 0 aliphatic rings. The van der Waals surface area contributed by atoms with Crippen LogP contribution >= 0.6 is 0 Å². The standard InChI is InChI=1S/C18H32N2O3Si/c1-6-21-24(22-7-2,23-8-3)15-9-14-19-16-17-10-12-18(13-11-17)20(4)5/h10-13,16H,6-9,14-15H2,1-5H3. The number of aliphatic imine (C=N–C) groups is 1. The highest BCUT2D eigenvalue weighted by Crippen LogP contribution is 2.18. The highest BCUT2D eigenvalue weighted by Gasteiger charge is 2.39. The third-order valence-corrected chi connectivity index (χ3v) is 6.66. The van der Waals surface area contributed by atoms with E-state index in [9.17, 15) is 0 Å². The number of rotatable bonds is 12. The summed E-state index contributed by atoms with van der Waals surface area (Å²) in [5.74, 6) is 0. The van der Waals surface area contributed by atoms with E-state index in [4.69, 9.17) is 13.3 Å². The molecule has 6 heteroatoms. The Hall–Kier alpha value is -1.21. The summed E-state index contributed by atoms with van der Waals surface area (Å²) in [5.41, 5.74) is 2.30. The molecule has 0 saturated heterocycles. The summed E-state index contributed by atoms with van der Waals surface area (Å²) in [7, 11) is 1.55. The van der Waals surface area contributed by atoms with Crippen LogP contribution < -0.4 is 4.90 Å². The smallest absolute Gasteiger partial charge is 0.378 e. The van der Waals surface area contributed by atoms with E-state index in [1.807, 2.05) is 41.1 Å². The quantitative estimate of drug-likeness (QED) is 0.327. The Morgan fingerprint density at radius 3 is 1.96 bits per heavy atom. The summed E-state index contributed by atoms with van der Waals surface area (Å²) in [5, 5.41) is 0. The molecule has 0 spiro atoms. The molecule has 0 N–H and O–H groups in total. The molecule has 1 aromatic rings. The van der Waals surface area contributed by atoms with Crippen molar-refractivity contribution in [1.29, 1.82) is 0 Å². The van der Waals surface area contributed by atoms with Crippen molar-refractivity contribution in [3.8, 4) is 0 Å². The fourth-order valence-electron chi connectivity index (χ4n) is 2.42. The molecule has 0 saturated carbocycles. The number of hydrogen-bond donors (Lipinski definition) is 0. The molecular weight excluding hydrogens is 320 g/mol. The summed E-state index contributed by atoms with van der Waals surface area (Å²) < 4.78 is 17.5. The van der Waals surface area contributed by atoms with Gasteiger partial charge in [-0.3, -0.25) is 4.99 Å². The van der Waals surface area contributed by atoms with Crippen molar-refractivity contribution in [3.63, 3.8) is 0 Å². The van der Waals surface area contributed by atoms with Crippen LogP contribution in [0.2, 0.25) is 6.04 Å². The maximum atomic E-state index is 5.85. The fraction of sp³-hybridized carbons (Fsp3) is 0.611. The van der Waals surface area contributed by atoms with Crippen molar-refractivity contribution in [1.82, 2.24) is 0 Å². The van der Waals surface area contributed by atoms with Crippen molar-refractivity contribution in [2.24, 2.45) is 4.99 Å². The minimum absolute atomic E-state index is 0.619. The van der Waals surface area contributed by atoms with E-state index in [0.29, 0.717) is 19.8 Å². The van der Waals surface area contributed by atoms with Gasteiger partial charge in [0.15, 0.2) is 0 Å². The van der Waals surface area contributed by atoms with E-state index < -0.39 is 8.80 Å². The maximum absolute atomic E-state index is 5.85. The van der Waals surface area contributed by atoms with E-state index in [1.165, 1.54) is 5.69 Å². The van der Waals surface area contributed by atoms with Gasteiger partial charge in [0.1, 0.15) is 0 Å². The molecule has 136 valence electrons. The first kappa shape index (κ1) is 20.8. The molecule has 0 unspecified atom stereocenters. The van der Waals surface area contributed by atoms with Crippen molar-refractivity contribution in [3.05, 3.63) is 29.8 Å². The van der Waals surface area contributed by atoms with Gasteiger partial charge in [0.05, 0.1) is 0 Å². The van der Waals surface area contributed by atoms with Crippen molar-refractivity contribution in [2.75, 3.05) is 45.4 Å². The van der Waals surface area contributed by atoms with E-state index >= 15 is 0 Å². The summed E-state index contributed by atoms with van der Waals surface area (Å²) >= 11 is 0. The molecule has 5 nitrogen and oxygen atoms in total. The first-order chi connectivity index (χ1) is 11.6.